The van der Waals surface area contributed by atoms with Gasteiger partial charge < -0.3 is 4.74 Å². The van der Waals surface area contributed by atoms with E-state index in [1.807, 2.05) is 32.9 Å². The molecule has 0 amide bonds. The number of pyridine rings is 1. The van der Waals surface area contributed by atoms with Gasteiger partial charge in [-0.05, 0) is 38.5 Å². The fraction of sp³-hybridized carbons (Fsp3) is 0.500. The molecule has 1 aromatic rings. The summed E-state index contributed by atoms with van der Waals surface area (Å²) in [4.78, 5) is 15.8. The lowest BCUT2D eigenvalue weighted by Gasteiger charge is -2.30. The number of hydrogen-bond donors (Lipinski definition) is 1. The summed E-state index contributed by atoms with van der Waals surface area (Å²) < 4.78 is 4.85. The molecule has 0 aromatic carbocycles. The van der Waals surface area contributed by atoms with E-state index in [1.54, 1.807) is 12.4 Å². The van der Waals surface area contributed by atoms with Crippen LogP contribution >= 0.6 is 0 Å². The SMILES string of the molecule is COC(=O)C(C)(NC(C)C)c1ccncc1. The Morgan fingerprint density at radius 3 is 2.44 bits per heavy atom. The predicted molar refractivity (Wildman–Crippen MR) is 61.9 cm³/mol. The molecule has 16 heavy (non-hydrogen) atoms. The molecular weight excluding hydrogens is 204 g/mol. The van der Waals surface area contributed by atoms with Crippen molar-refractivity contribution in [2.24, 2.45) is 0 Å². The molecule has 0 saturated carbocycles. The first-order valence-corrected chi connectivity index (χ1v) is 5.27. The first-order chi connectivity index (χ1) is 7.50. The Morgan fingerprint density at radius 1 is 1.44 bits per heavy atom. The van der Waals surface area contributed by atoms with Crippen LogP contribution in [0.4, 0.5) is 0 Å². The minimum Gasteiger partial charge on any atom is -0.467 e. The van der Waals surface area contributed by atoms with Gasteiger partial charge in [-0.3, -0.25) is 10.3 Å². The number of aromatic nitrogens is 1. The van der Waals surface area contributed by atoms with Crippen molar-refractivity contribution < 1.29 is 9.53 Å². The molecule has 0 radical (unpaired) electrons. The van der Waals surface area contributed by atoms with Gasteiger partial charge in [-0.25, -0.2) is 4.79 Å². The maximum atomic E-state index is 11.9. The Morgan fingerprint density at radius 2 is 2.00 bits per heavy atom. The summed E-state index contributed by atoms with van der Waals surface area (Å²) in [6, 6.07) is 3.80. The molecule has 4 heteroatoms. The Bertz CT molecular complexity index is 351. The van der Waals surface area contributed by atoms with E-state index in [1.165, 1.54) is 7.11 Å². The van der Waals surface area contributed by atoms with Crippen LogP contribution in [0.1, 0.15) is 26.3 Å². The molecule has 4 nitrogen and oxygen atoms in total. The summed E-state index contributed by atoms with van der Waals surface area (Å²) in [6.07, 6.45) is 3.33. The smallest absolute Gasteiger partial charge is 0.330 e. The highest BCUT2D eigenvalue weighted by molar-refractivity contribution is 5.82. The van der Waals surface area contributed by atoms with Gasteiger partial charge in [-0.2, -0.15) is 0 Å². The van der Waals surface area contributed by atoms with Crippen LogP contribution in [-0.4, -0.2) is 24.1 Å². The summed E-state index contributed by atoms with van der Waals surface area (Å²) in [5.74, 6) is -0.299. The van der Waals surface area contributed by atoms with Gasteiger partial charge >= 0.3 is 5.97 Å². The van der Waals surface area contributed by atoms with Crippen molar-refractivity contribution in [2.45, 2.75) is 32.4 Å². The number of ether oxygens (including phenoxy) is 1. The van der Waals surface area contributed by atoms with Crippen LogP contribution in [0, 0.1) is 0 Å². The predicted octanol–water partition coefficient (Wildman–Crippen LogP) is 1.47. The molecule has 0 fully saturated rings. The zero-order chi connectivity index (χ0) is 12.2. The Labute approximate surface area is 96.0 Å². The van der Waals surface area contributed by atoms with Crippen molar-refractivity contribution in [3.8, 4) is 0 Å². The summed E-state index contributed by atoms with van der Waals surface area (Å²) in [6.45, 7) is 5.79. The normalized spacial score (nSPS) is 14.6. The van der Waals surface area contributed by atoms with E-state index in [0.29, 0.717) is 0 Å². The third-order valence-electron chi connectivity index (χ3n) is 2.43. The Hall–Kier alpha value is -1.42. The fourth-order valence-corrected chi connectivity index (χ4v) is 1.73. The second-order valence-electron chi connectivity index (χ2n) is 4.15. The zero-order valence-corrected chi connectivity index (χ0v) is 10.2. The van der Waals surface area contributed by atoms with E-state index in [2.05, 4.69) is 10.3 Å². The molecule has 1 rings (SSSR count). The number of esters is 1. The van der Waals surface area contributed by atoms with Crippen LogP contribution < -0.4 is 5.32 Å². The van der Waals surface area contributed by atoms with E-state index in [0.717, 1.165) is 5.56 Å². The van der Waals surface area contributed by atoms with Crippen LogP contribution in [0.15, 0.2) is 24.5 Å². The van der Waals surface area contributed by atoms with Gasteiger partial charge in [0.05, 0.1) is 7.11 Å². The summed E-state index contributed by atoms with van der Waals surface area (Å²) in [5.41, 5.74) is 0.0225. The molecule has 1 aromatic heterocycles. The number of nitrogens with zero attached hydrogens (tertiary/aromatic N) is 1. The quantitative estimate of drug-likeness (QED) is 0.784. The molecule has 0 aliphatic heterocycles. The van der Waals surface area contributed by atoms with E-state index >= 15 is 0 Å². The number of hydrogen-bond acceptors (Lipinski definition) is 4. The van der Waals surface area contributed by atoms with Crippen LogP contribution in [-0.2, 0) is 15.1 Å². The van der Waals surface area contributed by atoms with Crippen molar-refractivity contribution in [2.75, 3.05) is 7.11 Å². The van der Waals surface area contributed by atoms with Gasteiger partial charge in [0.15, 0.2) is 0 Å². The molecule has 0 aliphatic rings. The minimum atomic E-state index is -0.828. The van der Waals surface area contributed by atoms with E-state index in [-0.39, 0.29) is 12.0 Å². The molecule has 1 N–H and O–H groups in total. The van der Waals surface area contributed by atoms with Gasteiger partial charge in [0, 0.05) is 18.4 Å². The third kappa shape index (κ3) is 2.58. The molecule has 88 valence electrons. The van der Waals surface area contributed by atoms with Gasteiger partial charge in [-0.15, -0.1) is 0 Å². The van der Waals surface area contributed by atoms with Crippen molar-refractivity contribution in [3.05, 3.63) is 30.1 Å². The van der Waals surface area contributed by atoms with Crippen LogP contribution in [0.3, 0.4) is 0 Å². The zero-order valence-electron chi connectivity index (χ0n) is 10.2. The molecule has 0 aliphatic carbocycles. The average Bonchev–Trinajstić information content (AvgIpc) is 2.28. The molecule has 1 atom stereocenters. The maximum absolute atomic E-state index is 11.9. The van der Waals surface area contributed by atoms with Crippen LogP contribution in [0.5, 0.6) is 0 Å². The monoisotopic (exact) mass is 222 g/mol. The van der Waals surface area contributed by atoms with Gasteiger partial charge in [-0.1, -0.05) is 0 Å². The fourth-order valence-electron chi connectivity index (χ4n) is 1.73. The number of nitrogens with one attached hydrogen (secondary N) is 1. The highest BCUT2D eigenvalue weighted by Gasteiger charge is 2.36. The molecule has 0 saturated heterocycles. The largest absolute Gasteiger partial charge is 0.467 e. The lowest BCUT2D eigenvalue weighted by atomic mass is 9.92. The molecule has 0 spiro atoms. The second-order valence-corrected chi connectivity index (χ2v) is 4.15. The van der Waals surface area contributed by atoms with Crippen LogP contribution in [0.2, 0.25) is 0 Å². The molecule has 1 heterocycles. The van der Waals surface area contributed by atoms with Crippen molar-refractivity contribution in [3.63, 3.8) is 0 Å². The molecule has 1 unspecified atom stereocenters. The second kappa shape index (κ2) is 5.07. The molecule has 0 bridgehead atoms. The van der Waals surface area contributed by atoms with E-state index < -0.39 is 5.54 Å². The Kier molecular flexibility index (Phi) is 4.01. The average molecular weight is 222 g/mol. The van der Waals surface area contributed by atoms with Gasteiger partial charge in [0.2, 0.25) is 0 Å². The highest BCUT2D eigenvalue weighted by atomic mass is 16.5. The van der Waals surface area contributed by atoms with Crippen molar-refractivity contribution in [1.29, 1.82) is 0 Å². The summed E-state index contributed by atoms with van der Waals surface area (Å²) in [5, 5.41) is 3.22. The maximum Gasteiger partial charge on any atom is 0.330 e. The lowest BCUT2D eigenvalue weighted by Crippen LogP contribution is -2.50. The Balaban J connectivity index is 3.09. The third-order valence-corrected chi connectivity index (χ3v) is 2.43. The minimum absolute atomic E-state index is 0.178. The topological polar surface area (TPSA) is 51.2 Å². The van der Waals surface area contributed by atoms with E-state index in [9.17, 15) is 4.79 Å². The van der Waals surface area contributed by atoms with Gasteiger partial charge in [0.1, 0.15) is 5.54 Å². The summed E-state index contributed by atoms with van der Waals surface area (Å²) in [7, 11) is 1.39. The number of carbonyl (C=O) groups is 1. The highest BCUT2D eigenvalue weighted by Crippen LogP contribution is 2.22. The number of rotatable bonds is 4. The van der Waals surface area contributed by atoms with E-state index in [4.69, 9.17) is 4.74 Å². The van der Waals surface area contributed by atoms with Crippen molar-refractivity contribution >= 4 is 5.97 Å². The standard InChI is InChI=1S/C12H18N2O2/c1-9(2)14-12(3,11(15)16-4)10-5-7-13-8-6-10/h5-9,14H,1-4H3. The first-order valence-electron chi connectivity index (χ1n) is 5.27. The number of carbonyl (C=O) groups excluding carboxylic acids is 1. The number of methoxy groups -OCH3 is 1. The molecular formula is C12H18N2O2. The van der Waals surface area contributed by atoms with Gasteiger partial charge in [0.25, 0.3) is 0 Å². The van der Waals surface area contributed by atoms with Crippen LogP contribution in [0.25, 0.3) is 0 Å². The lowest BCUT2D eigenvalue weighted by molar-refractivity contribution is -0.148. The first kappa shape index (κ1) is 12.6. The summed E-state index contributed by atoms with van der Waals surface area (Å²) >= 11 is 0. The van der Waals surface area contributed by atoms with Crippen molar-refractivity contribution in [1.82, 2.24) is 10.3 Å².